The van der Waals surface area contributed by atoms with E-state index in [1.165, 1.54) is 31.2 Å². The van der Waals surface area contributed by atoms with E-state index in [-0.39, 0.29) is 5.69 Å². The molecule has 0 aromatic heterocycles. The summed E-state index contributed by atoms with van der Waals surface area (Å²) in [4.78, 5) is 32.3. The Balaban J connectivity index is 2.58. The van der Waals surface area contributed by atoms with Gasteiger partial charge in [-0.25, -0.2) is 4.79 Å². The highest BCUT2D eigenvalue weighted by atomic mass is 16.6. The van der Waals surface area contributed by atoms with E-state index in [2.05, 4.69) is 10.6 Å². The summed E-state index contributed by atoms with van der Waals surface area (Å²) in [5.41, 5.74) is 0.298. The van der Waals surface area contributed by atoms with Crippen LogP contribution in [0.4, 0.5) is 16.2 Å². The topological polar surface area (TPSA) is 122 Å². The number of urea groups is 1. The predicted molar refractivity (Wildman–Crippen MR) is 71.5 cm³/mol. The number of carbonyl (C=O) groups excluding carboxylic acids is 1. The SMILES string of the molecule is CC(NC(=O)Nc1ccc([N+](=O)[O-])cc1)C(C)C(=O)O. The maximum atomic E-state index is 11.6. The molecule has 0 bridgehead atoms. The molecule has 1 aromatic rings. The lowest BCUT2D eigenvalue weighted by molar-refractivity contribution is -0.384. The fourth-order valence-electron chi connectivity index (χ4n) is 1.38. The third-order valence-electron chi connectivity index (χ3n) is 2.83. The number of non-ortho nitro benzene ring substituents is 1. The summed E-state index contributed by atoms with van der Waals surface area (Å²) in [5, 5.41) is 24.2. The molecule has 2 amide bonds. The summed E-state index contributed by atoms with van der Waals surface area (Å²) in [5.74, 6) is -1.73. The molecule has 2 unspecified atom stereocenters. The zero-order valence-corrected chi connectivity index (χ0v) is 11.0. The number of nitrogens with zero attached hydrogens (tertiary/aromatic N) is 1. The maximum absolute atomic E-state index is 11.6. The third-order valence-corrected chi connectivity index (χ3v) is 2.83. The van der Waals surface area contributed by atoms with Gasteiger partial charge in [-0.05, 0) is 26.0 Å². The van der Waals surface area contributed by atoms with Crippen molar-refractivity contribution < 1.29 is 19.6 Å². The standard InChI is InChI=1S/C12H15N3O5/c1-7(11(16)17)8(2)13-12(18)14-9-3-5-10(6-4-9)15(19)20/h3-8H,1-2H3,(H,16,17)(H2,13,14,18). The van der Waals surface area contributed by atoms with E-state index in [0.29, 0.717) is 5.69 Å². The Labute approximate surface area is 114 Å². The van der Waals surface area contributed by atoms with Gasteiger partial charge in [-0.1, -0.05) is 0 Å². The van der Waals surface area contributed by atoms with Crippen molar-refractivity contribution in [3.8, 4) is 0 Å². The number of nitro groups is 1. The lowest BCUT2D eigenvalue weighted by Crippen LogP contribution is -2.42. The molecule has 0 aliphatic heterocycles. The van der Waals surface area contributed by atoms with Gasteiger partial charge in [0.1, 0.15) is 0 Å². The summed E-state index contributed by atoms with van der Waals surface area (Å²) < 4.78 is 0. The number of nitro benzene ring substituents is 1. The van der Waals surface area contributed by atoms with Gasteiger partial charge in [0, 0.05) is 23.9 Å². The molecule has 108 valence electrons. The molecule has 0 spiro atoms. The van der Waals surface area contributed by atoms with Crippen molar-refractivity contribution in [1.82, 2.24) is 5.32 Å². The van der Waals surface area contributed by atoms with E-state index in [1.807, 2.05) is 0 Å². The van der Waals surface area contributed by atoms with Gasteiger partial charge >= 0.3 is 12.0 Å². The van der Waals surface area contributed by atoms with E-state index >= 15 is 0 Å². The number of carboxylic acid groups (broad SMARTS) is 1. The first-order chi connectivity index (χ1) is 9.31. The second-order valence-electron chi connectivity index (χ2n) is 4.32. The Kier molecular flexibility index (Phi) is 5.01. The van der Waals surface area contributed by atoms with E-state index in [0.717, 1.165) is 0 Å². The molecule has 8 heteroatoms. The van der Waals surface area contributed by atoms with E-state index in [1.54, 1.807) is 6.92 Å². The first-order valence-electron chi connectivity index (χ1n) is 5.86. The lowest BCUT2D eigenvalue weighted by atomic mass is 10.0. The van der Waals surface area contributed by atoms with Crippen LogP contribution in [0, 0.1) is 16.0 Å². The summed E-state index contributed by atoms with van der Waals surface area (Å²) in [6.45, 7) is 3.06. The molecule has 20 heavy (non-hydrogen) atoms. The molecular formula is C12H15N3O5. The smallest absolute Gasteiger partial charge is 0.319 e. The predicted octanol–water partition coefficient (Wildman–Crippen LogP) is 1.83. The number of aliphatic carboxylic acids is 1. The van der Waals surface area contributed by atoms with Crippen LogP contribution in [0.5, 0.6) is 0 Å². The quantitative estimate of drug-likeness (QED) is 0.561. The molecule has 1 aromatic carbocycles. The Bertz CT molecular complexity index is 514. The Morgan fingerprint density at radius 3 is 2.25 bits per heavy atom. The molecule has 0 aliphatic carbocycles. The number of benzene rings is 1. The molecule has 3 N–H and O–H groups in total. The minimum absolute atomic E-state index is 0.0798. The van der Waals surface area contributed by atoms with Crippen molar-refractivity contribution in [3.05, 3.63) is 34.4 Å². The van der Waals surface area contributed by atoms with Crippen LogP contribution in [0.2, 0.25) is 0 Å². The highest BCUT2D eigenvalue weighted by molar-refractivity contribution is 5.89. The Hall–Kier alpha value is -2.64. The molecule has 1 rings (SSSR count). The van der Waals surface area contributed by atoms with Crippen molar-refractivity contribution in [1.29, 1.82) is 0 Å². The molecular weight excluding hydrogens is 266 g/mol. The van der Waals surface area contributed by atoms with Gasteiger partial charge in [0.2, 0.25) is 0 Å². The second kappa shape index (κ2) is 6.50. The van der Waals surface area contributed by atoms with Crippen LogP contribution in [-0.4, -0.2) is 28.1 Å². The molecule has 0 saturated heterocycles. The minimum atomic E-state index is -1.01. The average molecular weight is 281 g/mol. The fourth-order valence-corrected chi connectivity index (χ4v) is 1.38. The highest BCUT2D eigenvalue weighted by Crippen LogP contribution is 2.15. The molecule has 0 saturated carbocycles. The first-order valence-corrected chi connectivity index (χ1v) is 5.86. The molecule has 0 fully saturated rings. The van der Waals surface area contributed by atoms with Gasteiger partial charge in [0.05, 0.1) is 10.8 Å². The molecule has 0 aliphatic rings. The summed E-state index contributed by atoms with van der Waals surface area (Å²) in [6.07, 6.45) is 0. The van der Waals surface area contributed by atoms with Gasteiger partial charge in [-0.15, -0.1) is 0 Å². The molecule has 8 nitrogen and oxygen atoms in total. The van der Waals surface area contributed by atoms with Gasteiger partial charge in [0.15, 0.2) is 0 Å². The van der Waals surface area contributed by atoms with Crippen LogP contribution in [0.15, 0.2) is 24.3 Å². The Morgan fingerprint density at radius 2 is 1.80 bits per heavy atom. The van der Waals surface area contributed by atoms with Crippen LogP contribution < -0.4 is 10.6 Å². The van der Waals surface area contributed by atoms with Crippen LogP contribution in [0.25, 0.3) is 0 Å². The molecule has 0 radical (unpaired) electrons. The summed E-state index contributed by atoms with van der Waals surface area (Å²) in [7, 11) is 0. The summed E-state index contributed by atoms with van der Waals surface area (Å²) >= 11 is 0. The van der Waals surface area contributed by atoms with E-state index < -0.39 is 28.9 Å². The van der Waals surface area contributed by atoms with E-state index in [4.69, 9.17) is 5.11 Å². The monoisotopic (exact) mass is 281 g/mol. The lowest BCUT2D eigenvalue weighted by Gasteiger charge is -2.18. The average Bonchev–Trinajstić information content (AvgIpc) is 2.37. The van der Waals surface area contributed by atoms with Crippen molar-refractivity contribution >= 4 is 23.4 Å². The van der Waals surface area contributed by atoms with Crippen LogP contribution in [0.1, 0.15) is 13.8 Å². The number of amides is 2. The fraction of sp³-hybridized carbons (Fsp3) is 0.333. The third kappa shape index (κ3) is 4.23. The van der Waals surface area contributed by atoms with Gasteiger partial charge < -0.3 is 15.7 Å². The van der Waals surface area contributed by atoms with Crippen molar-refractivity contribution in [3.63, 3.8) is 0 Å². The van der Waals surface area contributed by atoms with Crippen LogP contribution in [-0.2, 0) is 4.79 Å². The number of carboxylic acids is 1. The zero-order valence-electron chi connectivity index (χ0n) is 11.0. The number of nitrogens with one attached hydrogen (secondary N) is 2. The second-order valence-corrected chi connectivity index (χ2v) is 4.32. The molecule has 0 heterocycles. The van der Waals surface area contributed by atoms with Gasteiger partial charge in [0.25, 0.3) is 5.69 Å². The maximum Gasteiger partial charge on any atom is 0.319 e. The Morgan fingerprint density at radius 1 is 1.25 bits per heavy atom. The normalized spacial score (nSPS) is 13.1. The van der Waals surface area contributed by atoms with E-state index in [9.17, 15) is 19.7 Å². The van der Waals surface area contributed by atoms with Gasteiger partial charge in [-0.2, -0.15) is 0 Å². The minimum Gasteiger partial charge on any atom is -0.481 e. The van der Waals surface area contributed by atoms with Crippen molar-refractivity contribution in [2.75, 3.05) is 5.32 Å². The van der Waals surface area contributed by atoms with Crippen LogP contribution >= 0.6 is 0 Å². The summed E-state index contributed by atoms with van der Waals surface area (Å²) in [6, 6.07) is 4.19. The van der Waals surface area contributed by atoms with Crippen LogP contribution in [0.3, 0.4) is 0 Å². The number of hydrogen-bond acceptors (Lipinski definition) is 4. The largest absolute Gasteiger partial charge is 0.481 e. The van der Waals surface area contributed by atoms with Crippen molar-refractivity contribution in [2.45, 2.75) is 19.9 Å². The number of anilines is 1. The first kappa shape index (κ1) is 15.4. The van der Waals surface area contributed by atoms with Crippen molar-refractivity contribution in [2.24, 2.45) is 5.92 Å². The number of hydrogen-bond donors (Lipinski definition) is 3. The highest BCUT2D eigenvalue weighted by Gasteiger charge is 2.20. The number of rotatable bonds is 5. The zero-order chi connectivity index (χ0) is 15.3. The molecule has 2 atom stereocenters. The van der Waals surface area contributed by atoms with Gasteiger partial charge in [-0.3, -0.25) is 14.9 Å². The number of carbonyl (C=O) groups is 2.